The van der Waals surface area contributed by atoms with Crippen molar-refractivity contribution in [1.82, 2.24) is 15.1 Å². The van der Waals surface area contributed by atoms with Crippen molar-refractivity contribution in [3.8, 4) is 0 Å². The Morgan fingerprint density at radius 3 is 2.63 bits per heavy atom. The summed E-state index contributed by atoms with van der Waals surface area (Å²) in [4.78, 5) is 14.8. The van der Waals surface area contributed by atoms with Crippen LogP contribution in [-0.2, 0) is 18.4 Å². The molecule has 2 unspecified atom stereocenters. The number of amides is 1. The molecule has 1 aromatic carbocycles. The van der Waals surface area contributed by atoms with E-state index in [0.29, 0.717) is 18.5 Å². The first kappa shape index (κ1) is 18.1. The average Bonchev–Trinajstić information content (AvgIpc) is 3.40. The fourth-order valence-corrected chi connectivity index (χ4v) is 4.33. The van der Waals surface area contributed by atoms with Gasteiger partial charge in [0.05, 0.1) is 6.20 Å². The fraction of sp³-hybridized carbons (Fsp3) is 0.545. The molecule has 144 valence electrons. The van der Waals surface area contributed by atoms with Crippen LogP contribution in [0.2, 0.25) is 0 Å². The summed E-state index contributed by atoms with van der Waals surface area (Å²) in [5.74, 6) is 0.600. The summed E-state index contributed by atoms with van der Waals surface area (Å²) in [7, 11) is 4.12. The van der Waals surface area contributed by atoms with E-state index in [0.717, 1.165) is 12.0 Å². The molecular weight excluding hydrogens is 336 g/mol. The largest absolute Gasteiger partial charge is 0.372 e. The second-order valence-corrected chi connectivity index (χ2v) is 8.18. The van der Waals surface area contributed by atoms with E-state index in [2.05, 4.69) is 46.6 Å². The molecule has 4 rings (SSSR count). The minimum Gasteiger partial charge on any atom is -0.372 e. The van der Waals surface area contributed by atoms with E-state index in [1.54, 1.807) is 4.68 Å². The number of anilines is 1. The van der Waals surface area contributed by atoms with Gasteiger partial charge in [0.15, 0.2) is 0 Å². The summed E-state index contributed by atoms with van der Waals surface area (Å²) >= 11 is 0. The van der Waals surface area contributed by atoms with E-state index in [1.807, 2.05) is 19.4 Å². The smallest absolute Gasteiger partial charge is 0.224 e. The second-order valence-electron chi connectivity index (χ2n) is 8.18. The molecule has 2 fully saturated rings. The van der Waals surface area contributed by atoms with Crippen molar-refractivity contribution >= 4 is 11.6 Å². The van der Waals surface area contributed by atoms with Gasteiger partial charge in [0.2, 0.25) is 5.91 Å². The van der Waals surface area contributed by atoms with Crippen LogP contribution in [0.25, 0.3) is 0 Å². The van der Waals surface area contributed by atoms with E-state index in [-0.39, 0.29) is 11.8 Å². The Morgan fingerprint density at radius 1 is 1.22 bits per heavy atom. The van der Waals surface area contributed by atoms with Crippen molar-refractivity contribution in [2.75, 3.05) is 11.9 Å². The summed E-state index contributed by atoms with van der Waals surface area (Å²) in [6.45, 7) is 0.600. The van der Waals surface area contributed by atoms with E-state index in [9.17, 15) is 4.79 Å². The zero-order valence-electron chi connectivity index (χ0n) is 16.4. The van der Waals surface area contributed by atoms with Crippen molar-refractivity contribution in [3.63, 3.8) is 0 Å². The third-order valence-electron chi connectivity index (χ3n) is 6.21. The van der Waals surface area contributed by atoms with Gasteiger partial charge in [0.1, 0.15) is 0 Å². The van der Waals surface area contributed by atoms with E-state index in [4.69, 9.17) is 0 Å². The number of carbonyl (C=O) groups excluding carboxylic acids is 1. The second kappa shape index (κ2) is 7.75. The van der Waals surface area contributed by atoms with Crippen LogP contribution in [0.1, 0.15) is 55.6 Å². The molecule has 0 saturated heterocycles. The van der Waals surface area contributed by atoms with Crippen molar-refractivity contribution < 1.29 is 4.79 Å². The van der Waals surface area contributed by atoms with Crippen LogP contribution in [0.5, 0.6) is 0 Å². The molecule has 2 aromatic rings. The molecule has 2 saturated carbocycles. The van der Waals surface area contributed by atoms with Gasteiger partial charge >= 0.3 is 0 Å². The number of hydrogen-bond donors (Lipinski definition) is 1. The van der Waals surface area contributed by atoms with E-state index >= 15 is 0 Å². The first-order valence-electron chi connectivity index (χ1n) is 10.2. The minimum atomic E-state index is 0.103. The molecule has 1 heterocycles. The molecule has 2 aliphatic carbocycles. The highest BCUT2D eigenvalue weighted by Crippen LogP contribution is 2.47. The number of aromatic nitrogens is 2. The first-order valence-corrected chi connectivity index (χ1v) is 10.2. The average molecular weight is 367 g/mol. The van der Waals surface area contributed by atoms with Gasteiger partial charge < -0.3 is 10.2 Å². The number of nitrogens with one attached hydrogen (secondary N) is 1. The van der Waals surface area contributed by atoms with Crippen LogP contribution in [0, 0.1) is 5.92 Å². The lowest BCUT2D eigenvalue weighted by molar-refractivity contribution is -0.122. The van der Waals surface area contributed by atoms with Gasteiger partial charge in [-0.05, 0) is 48.4 Å². The summed E-state index contributed by atoms with van der Waals surface area (Å²) in [5, 5.41) is 7.30. The molecule has 0 spiro atoms. The maximum absolute atomic E-state index is 12.4. The number of rotatable bonds is 6. The summed E-state index contributed by atoms with van der Waals surface area (Å²) in [6.07, 6.45) is 11.5. The number of hydrogen-bond acceptors (Lipinski definition) is 3. The number of nitrogens with zero attached hydrogens (tertiary/aromatic N) is 3. The highest BCUT2D eigenvalue weighted by molar-refractivity contribution is 5.82. The van der Waals surface area contributed by atoms with Gasteiger partial charge in [-0.25, -0.2) is 0 Å². The van der Waals surface area contributed by atoms with Gasteiger partial charge in [-0.1, -0.05) is 31.4 Å². The Bertz CT molecular complexity index is 776. The van der Waals surface area contributed by atoms with Crippen LogP contribution < -0.4 is 10.2 Å². The Kier molecular flexibility index (Phi) is 5.19. The molecule has 5 heteroatoms. The van der Waals surface area contributed by atoms with Crippen LogP contribution in [0.3, 0.4) is 0 Å². The molecule has 1 N–H and O–H groups in total. The molecule has 0 aliphatic heterocycles. The molecule has 27 heavy (non-hydrogen) atoms. The van der Waals surface area contributed by atoms with Gasteiger partial charge in [0, 0.05) is 44.5 Å². The standard InChI is InChI=1S/C22H30N4O/c1-25-15-17(14-24-25)20-12-21(20)22(27)23-13-16-8-10-19(11-9-16)26(2)18-6-4-3-5-7-18/h8-11,14-15,18,20-21H,3-7,12-13H2,1-2H3,(H,23,27). The number of aryl methyl sites for hydroxylation is 1. The molecule has 5 nitrogen and oxygen atoms in total. The maximum atomic E-state index is 12.4. The molecule has 2 aliphatic rings. The summed E-state index contributed by atoms with van der Waals surface area (Å²) in [5.41, 5.74) is 3.60. The Morgan fingerprint density at radius 2 is 1.96 bits per heavy atom. The third kappa shape index (κ3) is 4.18. The van der Waals surface area contributed by atoms with Crippen LogP contribution >= 0.6 is 0 Å². The normalized spacial score (nSPS) is 22.4. The maximum Gasteiger partial charge on any atom is 0.224 e. The lowest BCUT2D eigenvalue weighted by atomic mass is 9.94. The summed E-state index contributed by atoms with van der Waals surface area (Å²) in [6, 6.07) is 9.32. The lowest BCUT2D eigenvalue weighted by Crippen LogP contribution is -2.33. The van der Waals surface area contributed by atoms with Crippen LogP contribution in [0.15, 0.2) is 36.7 Å². The van der Waals surface area contributed by atoms with E-state index < -0.39 is 0 Å². The van der Waals surface area contributed by atoms with Crippen molar-refractivity contribution in [2.24, 2.45) is 13.0 Å². The first-order chi connectivity index (χ1) is 13.1. The quantitative estimate of drug-likeness (QED) is 0.850. The topological polar surface area (TPSA) is 50.2 Å². The van der Waals surface area contributed by atoms with Crippen LogP contribution in [0.4, 0.5) is 5.69 Å². The Labute approximate surface area is 161 Å². The van der Waals surface area contributed by atoms with Crippen molar-refractivity contribution in [2.45, 2.75) is 57.0 Å². The predicted molar refractivity (Wildman–Crippen MR) is 108 cm³/mol. The third-order valence-corrected chi connectivity index (χ3v) is 6.21. The molecule has 0 radical (unpaired) electrons. The highest BCUT2D eigenvalue weighted by atomic mass is 16.2. The highest BCUT2D eigenvalue weighted by Gasteiger charge is 2.44. The SMILES string of the molecule is CN(c1ccc(CNC(=O)C2CC2c2cnn(C)c2)cc1)C1CCCCC1. The zero-order chi connectivity index (χ0) is 18.8. The van der Waals surface area contributed by atoms with E-state index in [1.165, 1.54) is 43.4 Å². The molecular formula is C22H30N4O. The van der Waals surface area contributed by atoms with Crippen LogP contribution in [-0.4, -0.2) is 28.8 Å². The molecule has 2 atom stereocenters. The lowest BCUT2D eigenvalue weighted by Gasteiger charge is -2.33. The molecule has 1 aromatic heterocycles. The Hall–Kier alpha value is -2.30. The monoisotopic (exact) mass is 366 g/mol. The minimum absolute atomic E-state index is 0.103. The summed E-state index contributed by atoms with van der Waals surface area (Å²) < 4.78 is 1.80. The predicted octanol–water partition coefficient (Wildman–Crippen LogP) is 3.61. The molecule has 1 amide bonds. The van der Waals surface area contributed by atoms with Gasteiger partial charge in [-0.15, -0.1) is 0 Å². The molecule has 0 bridgehead atoms. The van der Waals surface area contributed by atoms with Crippen molar-refractivity contribution in [1.29, 1.82) is 0 Å². The number of carbonyl (C=O) groups is 1. The van der Waals surface area contributed by atoms with Gasteiger partial charge in [0.25, 0.3) is 0 Å². The number of benzene rings is 1. The van der Waals surface area contributed by atoms with Gasteiger partial charge in [-0.2, -0.15) is 5.10 Å². The Balaban J connectivity index is 1.27. The van der Waals surface area contributed by atoms with Crippen molar-refractivity contribution in [3.05, 3.63) is 47.8 Å². The zero-order valence-corrected chi connectivity index (χ0v) is 16.4. The van der Waals surface area contributed by atoms with Gasteiger partial charge in [-0.3, -0.25) is 9.48 Å². The fourth-order valence-electron chi connectivity index (χ4n) is 4.33.